The Morgan fingerprint density at radius 2 is 1.26 bits per heavy atom. The highest BCUT2D eigenvalue weighted by Gasteiger charge is 2.27. The number of para-hydroxylation sites is 2. The van der Waals surface area contributed by atoms with Crippen LogP contribution in [0.25, 0.3) is 61.3 Å². The number of hydrogen-bond acceptors (Lipinski definition) is 4. The van der Waals surface area contributed by atoms with Gasteiger partial charge in [-0.1, -0.05) is 78.9 Å². The van der Waals surface area contributed by atoms with Gasteiger partial charge in [-0.2, -0.15) is 0 Å². The number of pyridine rings is 1. The lowest BCUT2D eigenvalue weighted by molar-refractivity contribution is 0.574. The molecule has 1 aliphatic heterocycles. The second-order valence-corrected chi connectivity index (χ2v) is 10.7. The van der Waals surface area contributed by atoms with Gasteiger partial charge in [0.05, 0.1) is 28.6 Å². The summed E-state index contributed by atoms with van der Waals surface area (Å²) in [5, 5.41) is 2.38. The van der Waals surface area contributed by atoms with Gasteiger partial charge < -0.3 is 9.32 Å². The number of benzene rings is 5. The Hall–Kier alpha value is -5.94. The highest BCUT2D eigenvalue weighted by Crippen LogP contribution is 2.52. The van der Waals surface area contributed by atoms with E-state index >= 15 is 0 Å². The number of nitrogens with zero attached hydrogens (tertiary/aromatic N) is 4. The van der Waals surface area contributed by atoms with Crippen molar-refractivity contribution >= 4 is 38.9 Å². The fourth-order valence-electron chi connectivity index (χ4n) is 6.53. The molecule has 202 valence electrons. The van der Waals surface area contributed by atoms with Crippen LogP contribution in [0.2, 0.25) is 0 Å². The number of hydrogen-bond donors (Lipinski definition) is 0. The molecule has 1 aliphatic rings. The van der Waals surface area contributed by atoms with Crippen LogP contribution in [0.5, 0.6) is 0 Å². The van der Waals surface area contributed by atoms with Crippen LogP contribution in [0, 0.1) is 0 Å². The van der Waals surface area contributed by atoms with Crippen molar-refractivity contribution in [3.05, 3.63) is 146 Å². The van der Waals surface area contributed by atoms with Gasteiger partial charge in [0.1, 0.15) is 12.1 Å². The van der Waals surface area contributed by atoms with Gasteiger partial charge in [0.15, 0.2) is 0 Å². The predicted octanol–water partition coefficient (Wildman–Crippen LogP) is 9.95. The van der Waals surface area contributed by atoms with E-state index in [-0.39, 0.29) is 0 Å². The molecule has 0 N–H and O–H groups in total. The summed E-state index contributed by atoms with van der Waals surface area (Å²) in [5.41, 5.74) is 11.1. The van der Waals surface area contributed by atoms with Gasteiger partial charge >= 0.3 is 0 Å². The van der Waals surface area contributed by atoms with Crippen molar-refractivity contribution in [2.24, 2.45) is 0 Å². The zero-order valence-corrected chi connectivity index (χ0v) is 23.1. The largest absolute Gasteiger partial charge is 0.445 e. The maximum atomic E-state index is 5.74. The van der Waals surface area contributed by atoms with Gasteiger partial charge in [-0.3, -0.25) is 4.57 Å². The molecule has 5 nitrogen and oxygen atoms in total. The Balaban J connectivity index is 1.37. The summed E-state index contributed by atoms with van der Waals surface area (Å²) in [5.74, 6) is 1.49. The molecule has 0 aliphatic carbocycles. The summed E-state index contributed by atoms with van der Waals surface area (Å²) in [6.07, 6.45) is 5.16. The van der Waals surface area contributed by atoms with E-state index < -0.39 is 0 Å². The Kier molecular flexibility index (Phi) is 5.13. The zero-order chi connectivity index (χ0) is 28.3. The Morgan fingerprint density at radius 3 is 2.07 bits per heavy atom. The molecule has 0 saturated carbocycles. The molecular formula is C38H24N4O. The minimum atomic E-state index is 0.597. The maximum Gasteiger partial charge on any atom is 0.225 e. The molecule has 4 heterocycles. The van der Waals surface area contributed by atoms with E-state index in [0.717, 1.165) is 45.0 Å². The molecule has 43 heavy (non-hydrogen) atoms. The van der Waals surface area contributed by atoms with Crippen LogP contribution in [0.3, 0.4) is 0 Å². The van der Waals surface area contributed by atoms with E-state index in [1.807, 2.05) is 18.3 Å². The molecule has 5 heteroatoms. The second-order valence-electron chi connectivity index (χ2n) is 10.7. The van der Waals surface area contributed by atoms with Crippen LogP contribution >= 0.6 is 0 Å². The van der Waals surface area contributed by atoms with Crippen LogP contribution in [0.15, 0.2) is 150 Å². The van der Waals surface area contributed by atoms with E-state index in [9.17, 15) is 0 Å². The number of rotatable bonds is 3. The lowest BCUT2D eigenvalue weighted by Gasteiger charge is -2.28. The smallest absolute Gasteiger partial charge is 0.225 e. The van der Waals surface area contributed by atoms with Gasteiger partial charge in [0, 0.05) is 39.3 Å². The third kappa shape index (κ3) is 3.58. The lowest BCUT2D eigenvalue weighted by Crippen LogP contribution is -2.11. The Bertz CT molecular complexity index is 2300. The molecule has 0 unspecified atom stereocenters. The lowest BCUT2D eigenvalue weighted by atomic mass is 9.94. The van der Waals surface area contributed by atoms with Crippen molar-refractivity contribution < 1.29 is 4.42 Å². The van der Waals surface area contributed by atoms with Gasteiger partial charge in [0.25, 0.3) is 0 Å². The zero-order valence-electron chi connectivity index (χ0n) is 23.1. The van der Waals surface area contributed by atoms with Crippen molar-refractivity contribution in [3.63, 3.8) is 0 Å². The van der Waals surface area contributed by atoms with Crippen LogP contribution < -0.4 is 4.90 Å². The van der Waals surface area contributed by atoms with Gasteiger partial charge in [-0.05, 0) is 59.7 Å². The minimum absolute atomic E-state index is 0.597. The average Bonchev–Trinajstić information content (AvgIpc) is 3.70. The Labute approximate surface area is 247 Å². The third-order valence-corrected chi connectivity index (χ3v) is 8.36. The minimum Gasteiger partial charge on any atom is -0.445 e. The second kappa shape index (κ2) is 9.29. The van der Waals surface area contributed by atoms with Gasteiger partial charge in [-0.25, -0.2) is 9.97 Å². The third-order valence-electron chi connectivity index (χ3n) is 8.36. The summed E-state index contributed by atoms with van der Waals surface area (Å²) >= 11 is 0. The highest BCUT2D eigenvalue weighted by atomic mass is 16.3. The van der Waals surface area contributed by atoms with Crippen molar-refractivity contribution in [3.8, 4) is 39.5 Å². The van der Waals surface area contributed by atoms with Crippen molar-refractivity contribution in [2.45, 2.75) is 0 Å². The number of aromatic nitrogens is 3. The molecule has 0 bridgehead atoms. The fraction of sp³-hybridized carbons (Fsp3) is 0. The molecule has 9 rings (SSSR count). The number of oxazole rings is 1. The molecule has 0 atom stereocenters. The highest BCUT2D eigenvalue weighted by molar-refractivity contribution is 6.11. The quantitative estimate of drug-likeness (QED) is 0.219. The first-order valence-electron chi connectivity index (χ1n) is 14.3. The van der Waals surface area contributed by atoms with Gasteiger partial charge in [-0.15, -0.1) is 0 Å². The molecular weight excluding hydrogens is 528 g/mol. The summed E-state index contributed by atoms with van der Waals surface area (Å²) in [7, 11) is 0. The molecule has 8 aromatic rings. The van der Waals surface area contributed by atoms with Gasteiger partial charge in [0.2, 0.25) is 5.89 Å². The van der Waals surface area contributed by atoms with Crippen molar-refractivity contribution in [1.29, 1.82) is 0 Å². The molecule has 0 saturated heterocycles. The van der Waals surface area contributed by atoms with Crippen LogP contribution in [0.1, 0.15) is 0 Å². The summed E-state index contributed by atoms with van der Waals surface area (Å²) in [4.78, 5) is 11.6. The molecule has 3 aromatic heterocycles. The maximum absolute atomic E-state index is 5.74. The van der Waals surface area contributed by atoms with Crippen LogP contribution in [-0.4, -0.2) is 14.5 Å². The SMILES string of the molecule is c1ccc(-n2c3ccccc3c3ccc(N4c5ccccc5-c5ccccc5-c5ccc(-c6ncco6)cc54)cc32)nc1. The van der Waals surface area contributed by atoms with Crippen LogP contribution in [0.4, 0.5) is 17.1 Å². The Morgan fingerprint density at radius 1 is 0.512 bits per heavy atom. The first-order valence-corrected chi connectivity index (χ1v) is 14.3. The average molecular weight is 553 g/mol. The first kappa shape index (κ1) is 23.7. The van der Waals surface area contributed by atoms with E-state index in [4.69, 9.17) is 9.40 Å². The summed E-state index contributed by atoms with van der Waals surface area (Å²) in [6.45, 7) is 0. The molecule has 0 spiro atoms. The fourth-order valence-corrected chi connectivity index (χ4v) is 6.53. The van der Waals surface area contributed by atoms with Crippen LogP contribution in [-0.2, 0) is 0 Å². The van der Waals surface area contributed by atoms with E-state index in [1.54, 1.807) is 12.5 Å². The summed E-state index contributed by atoms with van der Waals surface area (Å²) < 4.78 is 8.00. The van der Waals surface area contributed by atoms with E-state index in [0.29, 0.717) is 5.89 Å². The van der Waals surface area contributed by atoms with E-state index in [1.165, 1.54) is 27.5 Å². The van der Waals surface area contributed by atoms with E-state index in [2.05, 4.69) is 130 Å². The number of fused-ring (bicyclic) bond motifs is 8. The predicted molar refractivity (Wildman–Crippen MR) is 173 cm³/mol. The first-order chi connectivity index (χ1) is 21.3. The number of anilines is 3. The topological polar surface area (TPSA) is 47.1 Å². The van der Waals surface area contributed by atoms with Crippen molar-refractivity contribution in [2.75, 3.05) is 4.90 Å². The molecule has 0 amide bonds. The summed E-state index contributed by atoms with van der Waals surface area (Å²) in [6, 6.07) is 45.1. The standard InChI is InChI=1S/C38H24N4O/c1-2-10-28-27(9-1)29-11-3-5-13-33(29)41(35-23-25(16-18-31(28)35)38-40-21-22-43-38)26-17-19-32-30-12-4-6-14-34(30)42(36(32)24-26)37-15-7-8-20-39-37/h1-24H. The molecule has 0 fully saturated rings. The monoisotopic (exact) mass is 552 g/mol. The normalized spacial score (nSPS) is 12.1. The van der Waals surface area contributed by atoms with Crippen molar-refractivity contribution in [1.82, 2.24) is 14.5 Å². The molecule has 5 aromatic carbocycles. The molecule has 0 radical (unpaired) electrons.